The molecule has 5 saturated carbocycles. The van der Waals surface area contributed by atoms with E-state index in [9.17, 15) is 4.79 Å². The van der Waals surface area contributed by atoms with Crippen LogP contribution >= 0.6 is 0 Å². The van der Waals surface area contributed by atoms with Gasteiger partial charge in [0, 0.05) is 29.6 Å². The molecule has 1 heterocycles. The smallest absolute Gasteiger partial charge is 0.230 e. The zero-order valence-corrected chi connectivity index (χ0v) is 24.7. The maximum Gasteiger partial charge on any atom is 0.230 e. The fourth-order valence-corrected chi connectivity index (χ4v) is 7.94. The number of methoxy groups -OCH3 is 1. The van der Waals surface area contributed by atoms with Crippen molar-refractivity contribution in [1.82, 2.24) is 4.98 Å². The van der Waals surface area contributed by atoms with E-state index >= 15 is 0 Å². The van der Waals surface area contributed by atoms with Gasteiger partial charge in [-0.1, -0.05) is 24.3 Å². The lowest BCUT2D eigenvalue weighted by Gasteiger charge is -2.55. The summed E-state index contributed by atoms with van der Waals surface area (Å²) in [6.07, 6.45) is 17.6. The van der Waals surface area contributed by atoms with E-state index in [2.05, 4.69) is 60.7 Å². The number of fused-ring (bicyclic) bond motifs is 3. The molecule has 5 aliphatic carbocycles. The highest BCUT2D eigenvalue weighted by molar-refractivity contribution is 5.95. The number of amides is 1. The van der Waals surface area contributed by atoms with Crippen LogP contribution in [0.25, 0.3) is 11.3 Å². The fraction of sp³-hybridized carbons (Fsp3) is 0.528. The van der Waals surface area contributed by atoms with E-state index in [0.29, 0.717) is 11.8 Å². The highest BCUT2D eigenvalue weighted by atomic mass is 16.5. The van der Waals surface area contributed by atoms with Gasteiger partial charge in [0.1, 0.15) is 17.7 Å². The van der Waals surface area contributed by atoms with E-state index in [1.165, 1.54) is 62.5 Å². The predicted octanol–water partition coefficient (Wildman–Crippen LogP) is 8.56. The topological polar surface area (TPSA) is 55.6 Å². The molecule has 0 spiro atoms. The van der Waals surface area contributed by atoms with Gasteiger partial charge in [-0.2, -0.15) is 0 Å². The molecule has 1 radical (unpaired) electrons. The van der Waals surface area contributed by atoms with Gasteiger partial charge in [0.25, 0.3) is 0 Å². The van der Waals surface area contributed by atoms with Gasteiger partial charge in [-0.25, -0.2) is 4.98 Å². The van der Waals surface area contributed by atoms with E-state index in [1.807, 2.05) is 0 Å². The van der Waals surface area contributed by atoms with Gasteiger partial charge < -0.3 is 14.1 Å². The first-order chi connectivity index (χ1) is 20.0. The zero-order valence-electron chi connectivity index (χ0n) is 24.7. The number of aromatic nitrogens is 1. The van der Waals surface area contributed by atoms with Crippen LogP contribution in [0.3, 0.4) is 0 Å². The van der Waals surface area contributed by atoms with E-state index in [4.69, 9.17) is 14.1 Å². The summed E-state index contributed by atoms with van der Waals surface area (Å²) in [6.45, 7) is 2.97. The van der Waals surface area contributed by atoms with Crippen LogP contribution in [0, 0.1) is 24.7 Å². The summed E-state index contributed by atoms with van der Waals surface area (Å²) in [4.78, 5) is 21.2. The molecule has 2 bridgehead atoms. The summed E-state index contributed by atoms with van der Waals surface area (Å²) >= 11 is 0. The van der Waals surface area contributed by atoms with Gasteiger partial charge in [0.2, 0.25) is 5.91 Å². The van der Waals surface area contributed by atoms with Crippen LogP contribution < -0.4 is 9.64 Å². The van der Waals surface area contributed by atoms with Crippen LogP contribution in [-0.4, -0.2) is 24.5 Å². The van der Waals surface area contributed by atoms with Gasteiger partial charge in [0.05, 0.1) is 7.11 Å². The minimum atomic E-state index is 0.113. The summed E-state index contributed by atoms with van der Waals surface area (Å²) in [7, 11) is 1.75. The third kappa shape index (κ3) is 5.10. The highest BCUT2D eigenvalue weighted by Gasteiger charge is 2.50. The van der Waals surface area contributed by atoms with Crippen molar-refractivity contribution in [1.29, 1.82) is 0 Å². The molecule has 8 rings (SSSR count). The Labute approximate surface area is 244 Å². The van der Waals surface area contributed by atoms with Gasteiger partial charge in [-0.05, 0) is 131 Å². The van der Waals surface area contributed by atoms with Crippen molar-refractivity contribution in [2.24, 2.45) is 11.3 Å². The summed E-state index contributed by atoms with van der Waals surface area (Å²) in [6, 6.07) is 15.3. The van der Waals surface area contributed by atoms with E-state index in [1.54, 1.807) is 13.4 Å². The van der Waals surface area contributed by atoms with Crippen LogP contribution in [0.15, 0.2) is 53.1 Å². The first-order valence-electron chi connectivity index (χ1n) is 15.8. The molecule has 5 heteroatoms. The molecule has 0 atom stereocenters. The normalized spacial score (nSPS) is 26.2. The Morgan fingerprint density at radius 1 is 1.00 bits per heavy atom. The summed E-state index contributed by atoms with van der Waals surface area (Å²) in [5.41, 5.74) is 6.07. The molecule has 5 nitrogen and oxygen atoms in total. The number of carbonyl (C=O) groups excluding carboxylic acids is 1. The average molecular weight is 552 g/mol. The number of nitrogens with zero attached hydrogens (tertiary/aromatic N) is 2. The number of oxazole rings is 1. The van der Waals surface area contributed by atoms with Crippen molar-refractivity contribution < 1.29 is 13.9 Å². The second-order valence-electron chi connectivity index (χ2n) is 13.4. The number of ether oxygens (including phenoxy) is 1. The average Bonchev–Trinajstić information content (AvgIpc) is 3.77. The Balaban J connectivity index is 1.15. The quantitative estimate of drug-likeness (QED) is 0.281. The van der Waals surface area contributed by atoms with E-state index < -0.39 is 0 Å². The number of aryl methyl sites for hydroxylation is 1. The Morgan fingerprint density at radius 2 is 1.76 bits per heavy atom. The minimum absolute atomic E-state index is 0.113. The Kier molecular flexibility index (Phi) is 6.95. The van der Waals surface area contributed by atoms with Crippen LogP contribution in [0.2, 0.25) is 0 Å². The second-order valence-corrected chi connectivity index (χ2v) is 13.4. The molecular weight excluding hydrogens is 508 g/mol. The molecule has 215 valence electrons. The largest absolute Gasteiger partial charge is 0.496 e. The van der Waals surface area contributed by atoms with Crippen molar-refractivity contribution in [2.75, 3.05) is 18.6 Å². The van der Waals surface area contributed by atoms with Gasteiger partial charge in [0.15, 0.2) is 5.89 Å². The number of carbonyl (C=O) groups is 1. The van der Waals surface area contributed by atoms with Gasteiger partial charge in [-0.15, -0.1) is 0 Å². The zero-order chi connectivity index (χ0) is 28.0. The molecule has 0 N–H and O–H groups in total. The number of benzene rings is 2. The Morgan fingerprint density at radius 3 is 2.44 bits per heavy atom. The molecule has 5 fully saturated rings. The maximum absolute atomic E-state index is 14.2. The van der Waals surface area contributed by atoms with Gasteiger partial charge >= 0.3 is 0 Å². The number of anilines is 1. The molecule has 0 unspecified atom stereocenters. The predicted molar refractivity (Wildman–Crippen MR) is 162 cm³/mol. The third-order valence-corrected chi connectivity index (χ3v) is 10.9. The Bertz CT molecular complexity index is 1390. The SMILES string of the molecule is COc1ccc(C23CCC(CN(C(=O)C4CC[CH]CC4)c4cccc(-c5coc(C6CC6)n5)c4)(CC2)CC3)cc1C. The maximum atomic E-state index is 14.2. The van der Waals surface area contributed by atoms with Crippen molar-refractivity contribution in [2.45, 2.75) is 95.3 Å². The molecule has 1 amide bonds. The van der Waals surface area contributed by atoms with Crippen molar-refractivity contribution >= 4 is 11.6 Å². The highest BCUT2D eigenvalue weighted by Crippen LogP contribution is 2.58. The van der Waals surface area contributed by atoms with Crippen LogP contribution in [0.1, 0.15) is 100.0 Å². The van der Waals surface area contributed by atoms with E-state index in [-0.39, 0.29) is 16.7 Å². The molecule has 3 aromatic rings. The lowest BCUT2D eigenvalue weighted by Crippen LogP contribution is -2.51. The molecule has 0 saturated heterocycles. The fourth-order valence-electron chi connectivity index (χ4n) is 7.94. The summed E-state index contributed by atoms with van der Waals surface area (Å²) in [5.74, 6) is 2.74. The number of hydrogen-bond donors (Lipinski definition) is 0. The van der Waals surface area contributed by atoms with Crippen molar-refractivity contribution in [3.8, 4) is 17.0 Å². The lowest BCUT2D eigenvalue weighted by atomic mass is 9.51. The van der Waals surface area contributed by atoms with Crippen molar-refractivity contribution in [3.05, 3.63) is 72.2 Å². The first-order valence-corrected chi connectivity index (χ1v) is 15.8. The molecule has 41 heavy (non-hydrogen) atoms. The molecular formula is C36H43N2O3. The van der Waals surface area contributed by atoms with Crippen molar-refractivity contribution in [3.63, 3.8) is 0 Å². The molecule has 1 aromatic heterocycles. The molecule has 5 aliphatic rings. The second kappa shape index (κ2) is 10.6. The minimum Gasteiger partial charge on any atom is -0.496 e. The monoisotopic (exact) mass is 551 g/mol. The van der Waals surface area contributed by atoms with Crippen LogP contribution in [-0.2, 0) is 10.2 Å². The van der Waals surface area contributed by atoms with Gasteiger partial charge in [-0.3, -0.25) is 4.79 Å². The number of rotatable bonds is 8. The standard InChI is InChI=1S/C36H43N2O3/c1-25-21-29(13-14-32(25)40-2)36-18-15-35(16-19-36,17-20-36)24-38(34(39)27-7-4-3-5-8-27)30-10-6-9-28(22-30)31-23-41-33(37-31)26-11-12-26/h3,6,9-10,13-14,21-23,26-27H,4-5,7-8,11-12,15-20,24H2,1-2H3. The van der Waals surface area contributed by atoms with E-state index in [0.717, 1.165) is 60.8 Å². The van der Waals surface area contributed by atoms with Crippen LogP contribution in [0.5, 0.6) is 5.75 Å². The Hall–Kier alpha value is -3.08. The third-order valence-electron chi connectivity index (χ3n) is 10.9. The molecule has 2 aromatic carbocycles. The molecule has 0 aliphatic heterocycles. The first kappa shape index (κ1) is 26.8. The van der Waals surface area contributed by atoms with Crippen LogP contribution in [0.4, 0.5) is 5.69 Å². The number of hydrogen-bond acceptors (Lipinski definition) is 4. The lowest BCUT2D eigenvalue weighted by molar-refractivity contribution is -0.123. The summed E-state index contributed by atoms with van der Waals surface area (Å²) in [5, 5.41) is 0. The summed E-state index contributed by atoms with van der Waals surface area (Å²) < 4.78 is 11.4.